The van der Waals surface area contributed by atoms with Crippen LogP contribution in [-0.4, -0.2) is 23.6 Å². The standard InChI is InChI=1S/C16H21N3O/c1-4-17-14(9-13-7-5-6-12(2)8-13)15-10-16(20-3)19-11-18-15/h5-8,10-11,14,17H,4,9H2,1-3H3. The monoisotopic (exact) mass is 271 g/mol. The van der Waals surface area contributed by atoms with Crippen molar-refractivity contribution < 1.29 is 4.74 Å². The fraction of sp³-hybridized carbons (Fsp3) is 0.375. The molecule has 1 N–H and O–H groups in total. The van der Waals surface area contributed by atoms with Crippen LogP contribution in [0.15, 0.2) is 36.7 Å². The normalized spacial score (nSPS) is 12.2. The Morgan fingerprint density at radius 2 is 2.10 bits per heavy atom. The van der Waals surface area contributed by atoms with E-state index in [1.54, 1.807) is 13.4 Å². The van der Waals surface area contributed by atoms with Crippen LogP contribution in [0, 0.1) is 6.92 Å². The molecule has 1 aromatic carbocycles. The van der Waals surface area contributed by atoms with Crippen molar-refractivity contribution in [2.24, 2.45) is 0 Å². The van der Waals surface area contributed by atoms with E-state index in [1.165, 1.54) is 11.1 Å². The predicted molar refractivity (Wildman–Crippen MR) is 79.9 cm³/mol. The van der Waals surface area contributed by atoms with Crippen LogP contribution in [0.25, 0.3) is 0 Å². The smallest absolute Gasteiger partial charge is 0.216 e. The number of aromatic nitrogens is 2. The summed E-state index contributed by atoms with van der Waals surface area (Å²) in [4.78, 5) is 8.43. The number of aryl methyl sites for hydroxylation is 1. The van der Waals surface area contributed by atoms with Crippen LogP contribution >= 0.6 is 0 Å². The number of hydrogen-bond acceptors (Lipinski definition) is 4. The Morgan fingerprint density at radius 1 is 1.25 bits per heavy atom. The van der Waals surface area contributed by atoms with Crippen LogP contribution in [0.5, 0.6) is 5.88 Å². The van der Waals surface area contributed by atoms with Gasteiger partial charge in [0.2, 0.25) is 5.88 Å². The molecule has 0 bridgehead atoms. The molecule has 2 aromatic rings. The maximum Gasteiger partial charge on any atom is 0.216 e. The lowest BCUT2D eigenvalue weighted by molar-refractivity contribution is 0.393. The summed E-state index contributed by atoms with van der Waals surface area (Å²) in [6.45, 7) is 5.10. The third kappa shape index (κ3) is 3.78. The summed E-state index contributed by atoms with van der Waals surface area (Å²) >= 11 is 0. The lowest BCUT2D eigenvalue weighted by Crippen LogP contribution is -2.24. The summed E-state index contributed by atoms with van der Waals surface area (Å²) in [6.07, 6.45) is 2.45. The van der Waals surface area contributed by atoms with E-state index >= 15 is 0 Å². The van der Waals surface area contributed by atoms with Crippen molar-refractivity contribution in [3.05, 3.63) is 53.5 Å². The summed E-state index contributed by atoms with van der Waals surface area (Å²) in [5.41, 5.74) is 3.53. The molecular formula is C16H21N3O. The van der Waals surface area contributed by atoms with Crippen LogP contribution in [0.1, 0.15) is 29.8 Å². The van der Waals surface area contributed by atoms with Gasteiger partial charge in [0.15, 0.2) is 0 Å². The first-order valence-corrected chi connectivity index (χ1v) is 6.87. The highest BCUT2D eigenvalue weighted by atomic mass is 16.5. The SMILES string of the molecule is CCNC(Cc1cccc(C)c1)c1cc(OC)ncn1. The molecule has 0 aliphatic carbocycles. The average molecular weight is 271 g/mol. The number of nitrogens with zero attached hydrogens (tertiary/aromatic N) is 2. The summed E-state index contributed by atoms with van der Waals surface area (Å²) in [5, 5.41) is 3.47. The van der Waals surface area contributed by atoms with E-state index in [4.69, 9.17) is 4.74 Å². The van der Waals surface area contributed by atoms with Crippen LogP contribution < -0.4 is 10.1 Å². The minimum absolute atomic E-state index is 0.165. The van der Waals surface area contributed by atoms with E-state index in [0.717, 1.165) is 18.7 Å². The van der Waals surface area contributed by atoms with Gasteiger partial charge in [-0.3, -0.25) is 0 Å². The van der Waals surface area contributed by atoms with Crippen LogP contribution in [0.2, 0.25) is 0 Å². The van der Waals surface area contributed by atoms with Gasteiger partial charge in [0.05, 0.1) is 18.8 Å². The van der Waals surface area contributed by atoms with Crippen molar-refractivity contribution in [1.29, 1.82) is 0 Å². The second-order valence-electron chi connectivity index (χ2n) is 4.79. The highest BCUT2D eigenvalue weighted by Gasteiger charge is 2.14. The molecule has 1 aromatic heterocycles. The molecular weight excluding hydrogens is 250 g/mol. The highest BCUT2D eigenvalue weighted by Crippen LogP contribution is 2.19. The Kier molecular flexibility index (Phi) is 5.07. The molecule has 0 amide bonds. The zero-order valence-corrected chi connectivity index (χ0v) is 12.3. The third-order valence-electron chi connectivity index (χ3n) is 3.20. The molecule has 0 saturated heterocycles. The first kappa shape index (κ1) is 14.5. The fourth-order valence-corrected chi connectivity index (χ4v) is 2.26. The van der Waals surface area contributed by atoms with Crippen molar-refractivity contribution in [1.82, 2.24) is 15.3 Å². The van der Waals surface area contributed by atoms with Gasteiger partial charge >= 0.3 is 0 Å². The largest absolute Gasteiger partial charge is 0.481 e. The van der Waals surface area contributed by atoms with Crippen molar-refractivity contribution in [2.75, 3.05) is 13.7 Å². The molecule has 0 spiro atoms. The summed E-state index contributed by atoms with van der Waals surface area (Å²) in [5.74, 6) is 0.599. The second-order valence-corrected chi connectivity index (χ2v) is 4.79. The van der Waals surface area contributed by atoms with Gasteiger partial charge < -0.3 is 10.1 Å². The second kappa shape index (κ2) is 7.01. The van der Waals surface area contributed by atoms with Crippen molar-refractivity contribution in [2.45, 2.75) is 26.3 Å². The van der Waals surface area contributed by atoms with Crippen LogP contribution in [-0.2, 0) is 6.42 Å². The molecule has 0 radical (unpaired) electrons. The minimum atomic E-state index is 0.165. The summed E-state index contributed by atoms with van der Waals surface area (Å²) in [7, 11) is 1.62. The van der Waals surface area contributed by atoms with Gasteiger partial charge in [0, 0.05) is 6.07 Å². The molecule has 20 heavy (non-hydrogen) atoms. The molecule has 106 valence electrons. The molecule has 0 aliphatic heterocycles. The molecule has 4 heteroatoms. The number of nitrogens with one attached hydrogen (secondary N) is 1. The summed E-state index contributed by atoms with van der Waals surface area (Å²) < 4.78 is 5.17. The van der Waals surface area contributed by atoms with Gasteiger partial charge in [0.1, 0.15) is 6.33 Å². The van der Waals surface area contributed by atoms with E-state index in [2.05, 4.69) is 53.4 Å². The Balaban J connectivity index is 2.21. The number of benzene rings is 1. The maximum absolute atomic E-state index is 5.17. The van der Waals surface area contributed by atoms with Gasteiger partial charge in [-0.15, -0.1) is 0 Å². The molecule has 2 rings (SSSR count). The van der Waals surface area contributed by atoms with Crippen molar-refractivity contribution in [3.8, 4) is 5.88 Å². The van der Waals surface area contributed by atoms with E-state index in [-0.39, 0.29) is 6.04 Å². The molecule has 1 atom stereocenters. The fourth-order valence-electron chi connectivity index (χ4n) is 2.26. The number of rotatable bonds is 6. The lowest BCUT2D eigenvalue weighted by Gasteiger charge is -2.18. The van der Waals surface area contributed by atoms with Gasteiger partial charge in [-0.1, -0.05) is 36.8 Å². The Morgan fingerprint density at radius 3 is 2.80 bits per heavy atom. The zero-order valence-electron chi connectivity index (χ0n) is 12.3. The first-order chi connectivity index (χ1) is 9.72. The van der Waals surface area contributed by atoms with Gasteiger partial charge in [0.25, 0.3) is 0 Å². The Labute approximate surface area is 120 Å². The van der Waals surface area contributed by atoms with Crippen LogP contribution in [0.4, 0.5) is 0 Å². The molecule has 1 unspecified atom stereocenters. The molecule has 4 nitrogen and oxygen atoms in total. The molecule has 0 fully saturated rings. The lowest BCUT2D eigenvalue weighted by atomic mass is 10.0. The maximum atomic E-state index is 5.17. The van der Waals surface area contributed by atoms with Crippen LogP contribution in [0.3, 0.4) is 0 Å². The zero-order chi connectivity index (χ0) is 14.4. The van der Waals surface area contributed by atoms with Gasteiger partial charge in [-0.05, 0) is 25.5 Å². The first-order valence-electron chi connectivity index (χ1n) is 6.87. The minimum Gasteiger partial charge on any atom is -0.481 e. The van der Waals surface area contributed by atoms with Gasteiger partial charge in [-0.2, -0.15) is 0 Å². The number of likely N-dealkylation sites (N-methyl/N-ethyl adjacent to an activating group) is 1. The van der Waals surface area contributed by atoms with E-state index in [1.807, 2.05) is 6.07 Å². The number of methoxy groups -OCH3 is 1. The van der Waals surface area contributed by atoms with E-state index < -0.39 is 0 Å². The molecule has 0 saturated carbocycles. The third-order valence-corrected chi connectivity index (χ3v) is 3.20. The van der Waals surface area contributed by atoms with Crippen molar-refractivity contribution >= 4 is 0 Å². The summed E-state index contributed by atoms with van der Waals surface area (Å²) in [6, 6.07) is 10.6. The van der Waals surface area contributed by atoms with Crippen molar-refractivity contribution in [3.63, 3.8) is 0 Å². The quantitative estimate of drug-likeness (QED) is 0.877. The molecule has 0 aliphatic rings. The van der Waals surface area contributed by atoms with E-state index in [9.17, 15) is 0 Å². The van der Waals surface area contributed by atoms with Gasteiger partial charge in [-0.25, -0.2) is 9.97 Å². The van der Waals surface area contributed by atoms with E-state index in [0.29, 0.717) is 5.88 Å². The number of hydrogen-bond donors (Lipinski definition) is 1. The Hall–Kier alpha value is -1.94. The topological polar surface area (TPSA) is 47.0 Å². The number of ether oxygens (including phenoxy) is 1. The average Bonchev–Trinajstić information content (AvgIpc) is 2.47. The molecule has 1 heterocycles. The highest BCUT2D eigenvalue weighted by molar-refractivity contribution is 5.25. The predicted octanol–water partition coefficient (Wildman–Crippen LogP) is 2.69. The Bertz CT molecular complexity index is 557.